The maximum atomic E-state index is 5.33. The van der Waals surface area contributed by atoms with Gasteiger partial charge in [0.15, 0.2) is 17.5 Å². The van der Waals surface area contributed by atoms with Crippen molar-refractivity contribution in [2.45, 2.75) is 11.8 Å². The van der Waals surface area contributed by atoms with Gasteiger partial charge in [-0.25, -0.2) is 19.9 Å². The number of nitrogens with zero attached hydrogens (tertiary/aromatic N) is 5. The molecule has 0 saturated carbocycles. The first-order chi connectivity index (χ1) is 31.1. The number of hydrogen-bond acceptors (Lipinski definition) is 4. The molecular formula is C58H39N5. The first-order valence-electron chi connectivity index (χ1n) is 21.4. The Kier molecular flexibility index (Phi) is 8.54. The van der Waals surface area contributed by atoms with Crippen LogP contribution in [0.5, 0.6) is 0 Å². The van der Waals surface area contributed by atoms with Gasteiger partial charge in [0.25, 0.3) is 0 Å². The summed E-state index contributed by atoms with van der Waals surface area (Å²) < 4.78 is 2.22. The molecule has 8 aromatic carbocycles. The summed E-state index contributed by atoms with van der Waals surface area (Å²) in [6.45, 7) is 4.79. The number of rotatable bonds is 5. The van der Waals surface area contributed by atoms with Crippen LogP contribution < -0.4 is 0 Å². The van der Waals surface area contributed by atoms with Crippen molar-refractivity contribution >= 4 is 21.8 Å². The highest BCUT2D eigenvalue weighted by atomic mass is 15.1. The quantitative estimate of drug-likeness (QED) is 0.174. The van der Waals surface area contributed by atoms with Gasteiger partial charge in [-0.15, -0.1) is 0 Å². The Morgan fingerprint density at radius 3 is 1.94 bits per heavy atom. The summed E-state index contributed by atoms with van der Waals surface area (Å²) in [5.74, 6) is 2.65. The first kappa shape index (κ1) is 36.6. The molecule has 0 saturated heterocycles. The molecule has 0 bridgehead atoms. The summed E-state index contributed by atoms with van der Waals surface area (Å²) in [6, 6.07) is 66.2. The molecule has 63 heavy (non-hydrogen) atoms. The molecule has 0 atom stereocenters. The lowest BCUT2D eigenvalue weighted by molar-refractivity contribution is 0.760. The summed E-state index contributed by atoms with van der Waals surface area (Å²) in [5.41, 5.74) is 14.6. The van der Waals surface area contributed by atoms with Crippen LogP contribution in [0.1, 0.15) is 22.3 Å². The van der Waals surface area contributed by atoms with E-state index >= 15 is 0 Å². The molecule has 10 aromatic rings. The summed E-state index contributed by atoms with van der Waals surface area (Å²) in [4.78, 5) is 21.1. The zero-order chi connectivity index (χ0) is 41.9. The second-order valence-corrected chi connectivity index (χ2v) is 16.2. The monoisotopic (exact) mass is 805 g/mol. The van der Waals surface area contributed by atoms with E-state index in [1.807, 2.05) is 12.1 Å². The van der Waals surface area contributed by atoms with Crippen LogP contribution in [0.4, 0.5) is 0 Å². The summed E-state index contributed by atoms with van der Waals surface area (Å²) in [7, 11) is 0. The molecule has 0 radical (unpaired) electrons. The number of allylic oxidation sites excluding steroid dienone is 5. The first-order valence-corrected chi connectivity index (χ1v) is 21.4. The summed E-state index contributed by atoms with van der Waals surface area (Å²) >= 11 is 0. The molecule has 0 aliphatic heterocycles. The Bertz CT molecular complexity index is 3470. The molecule has 2 aliphatic carbocycles. The molecular weight excluding hydrogens is 767 g/mol. The minimum Gasteiger partial charge on any atom is -0.292 e. The van der Waals surface area contributed by atoms with Crippen molar-refractivity contribution in [3.05, 3.63) is 247 Å². The summed E-state index contributed by atoms with van der Waals surface area (Å²) in [6.07, 6.45) is 9.39. The molecule has 5 heteroatoms. The third kappa shape index (κ3) is 5.85. The third-order valence-electron chi connectivity index (χ3n) is 12.7. The van der Waals surface area contributed by atoms with Crippen molar-refractivity contribution in [1.29, 1.82) is 0 Å². The van der Waals surface area contributed by atoms with E-state index in [4.69, 9.17) is 26.5 Å². The maximum Gasteiger partial charge on any atom is 0.164 e. The highest BCUT2D eigenvalue weighted by Crippen LogP contribution is 2.57. The lowest BCUT2D eigenvalue weighted by Crippen LogP contribution is -2.30. The van der Waals surface area contributed by atoms with Gasteiger partial charge in [-0.3, -0.25) is 4.57 Å². The molecule has 2 aromatic heterocycles. The average Bonchev–Trinajstić information content (AvgIpc) is 3.90. The van der Waals surface area contributed by atoms with E-state index in [1.54, 1.807) is 0 Å². The van der Waals surface area contributed by atoms with Crippen LogP contribution in [-0.4, -0.2) is 24.5 Å². The molecule has 2 aliphatic rings. The lowest BCUT2D eigenvalue weighted by Gasteiger charge is -2.35. The molecule has 0 fully saturated rings. The highest BCUT2D eigenvalue weighted by molar-refractivity contribution is 5.95. The molecule has 0 amide bonds. The largest absolute Gasteiger partial charge is 0.292 e. The van der Waals surface area contributed by atoms with E-state index in [2.05, 4.69) is 205 Å². The van der Waals surface area contributed by atoms with Crippen molar-refractivity contribution in [2.24, 2.45) is 0 Å². The zero-order valence-electron chi connectivity index (χ0n) is 34.4. The minimum absolute atomic E-state index is 0.571. The number of benzene rings is 8. The van der Waals surface area contributed by atoms with Gasteiger partial charge in [-0.1, -0.05) is 183 Å². The Morgan fingerprint density at radius 1 is 0.476 bits per heavy atom. The topological polar surface area (TPSA) is 56.5 Å². The fourth-order valence-corrected chi connectivity index (χ4v) is 9.91. The van der Waals surface area contributed by atoms with Crippen molar-refractivity contribution in [2.75, 3.05) is 0 Å². The predicted octanol–water partition coefficient (Wildman–Crippen LogP) is 13.6. The fraction of sp³-hybridized carbons (Fsp3) is 0.0345. The van der Waals surface area contributed by atoms with Crippen LogP contribution >= 0.6 is 0 Å². The maximum absolute atomic E-state index is 5.33. The van der Waals surface area contributed by atoms with E-state index in [0.29, 0.717) is 17.5 Å². The fourth-order valence-electron chi connectivity index (χ4n) is 9.91. The second kappa shape index (κ2) is 14.7. The number of imidazole rings is 1. The van der Waals surface area contributed by atoms with Crippen molar-refractivity contribution in [1.82, 2.24) is 24.5 Å². The van der Waals surface area contributed by atoms with Crippen LogP contribution in [0.3, 0.4) is 0 Å². The van der Waals surface area contributed by atoms with Gasteiger partial charge in [-0.2, -0.15) is 0 Å². The second-order valence-electron chi connectivity index (χ2n) is 16.2. The number of para-hydroxylation sites is 3. The molecule has 0 unspecified atom stereocenters. The smallest absolute Gasteiger partial charge is 0.164 e. The molecule has 12 rings (SSSR count). The van der Waals surface area contributed by atoms with Crippen molar-refractivity contribution in [3.63, 3.8) is 0 Å². The minimum atomic E-state index is -0.571. The Labute approximate surface area is 365 Å². The van der Waals surface area contributed by atoms with Crippen LogP contribution in [0.15, 0.2) is 225 Å². The Hall–Kier alpha value is -8.28. The van der Waals surface area contributed by atoms with Crippen LogP contribution in [0.25, 0.3) is 84.2 Å². The van der Waals surface area contributed by atoms with E-state index in [-0.39, 0.29) is 0 Å². The van der Waals surface area contributed by atoms with Crippen molar-refractivity contribution < 1.29 is 0 Å². The van der Waals surface area contributed by atoms with Gasteiger partial charge < -0.3 is 0 Å². The van der Waals surface area contributed by atoms with Crippen LogP contribution in [0, 0.1) is 0 Å². The van der Waals surface area contributed by atoms with Gasteiger partial charge in [-0.05, 0) is 92.5 Å². The van der Waals surface area contributed by atoms with Gasteiger partial charge in [0, 0.05) is 27.9 Å². The summed E-state index contributed by atoms with van der Waals surface area (Å²) in [5, 5.41) is 2.21. The predicted molar refractivity (Wildman–Crippen MR) is 257 cm³/mol. The van der Waals surface area contributed by atoms with Crippen LogP contribution in [-0.2, 0) is 11.8 Å². The SMILES string of the molecule is C=C1/C=C\C=C/Cc2cc(-c3nc(-c4cccc(-c5nc6ccccc6n5-c5ccccc5)c4)nc(-c4cccc5ccccc45)n3)ccc2C12c1ccccc1-c1ccccc12. The Balaban J connectivity index is 1.06. The number of hydrogen-bond donors (Lipinski definition) is 0. The molecule has 1 spiro atoms. The lowest BCUT2D eigenvalue weighted by atomic mass is 9.66. The molecule has 2 heterocycles. The van der Waals surface area contributed by atoms with E-state index in [9.17, 15) is 0 Å². The molecule has 5 nitrogen and oxygen atoms in total. The zero-order valence-corrected chi connectivity index (χ0v) is 34.4. The Morgan fingerprint density at radius 2 is 1.11 bits per heavy atom. The highest BCUT2D eigenvalue weighted by Gasteiger charge is 2.47. The van der Waals surface area contributed by atoms with Gasteiger partial charge in [0.1, 0.15) is 5.82 Å². The number of fused-ring (bicyclic) bond motifs is 9. The van der Waals surface area contributed by atoms with Crippen LogP contribution in [0.2, 0.25) is 0 Å². The standard InChI is InChI=1S/C58H39N5/c1-38-18-4-2-5-20-40-36-42(34-35-49(40)58(38)50-30-12-10-27-46(50)47-28-11-13-31-51(47)58)55-60-54(61-56(62-55)48-29-17-21-39-19-8-9-26-45(39)48)41-22-16-23-43(37-41)57-59-52-32-14-15-33-53(52)63(57)44-24-6-3-7-25-44/h2-19,21-37H,1,20H2/b5-2-,18-4-. The van der Waals surface area contributed by atoms with E-state index < -0.39 is 5.41 Å². The normalized spacial score (nSPS) is 14.7. The average molecular weight is 806 g/mol. The van der Waals surface area contributed by atoms with E-state index in [1.165, 1.54) is 33.4 Å². The van der Waals surface area contributed by atoms with Gasteiger partial charge in [0.2, 0.25) is 0 Å². The van der Waals surface area contributed by atoms with Gasteiger partial charge in [0.05, 0.1) is 16.4 Å². The van der Waals surface area contributed by atoms with E-state index in [0.717, 1.165) is 67.6 Å². The third-order valence-corrected chi connectivity index (χ3v) is 12.7. The molecule has 0 N–H and O–H groups in total. The van der Waals surface area contributed by atoms with Gasteiger partial charge >= 0.3 is 0 Å². The van der Waals surface area contributed by atoms with Crippen molar-refractivity contribution in [3.8, 4) is 62.4 Å². The molecule has 296 valence electrons. The number of aromatic nitrogens is 5.